The Bertz CT molecular complexity index is 483. The lowest BCUT2D eigenvalue weighted by molar-refractivity contribution is 0.314. The molecular weight excluding hydrogens is 237 g/mol. The van der Waals surface area contributed by atoms with Crippen LogP contribution in [0.2, 0.25) is 10.3 Å². The highest BCUT2D eigenvalue weighted by Crippen LogP contribution is 2.31. The second kappa shape index (κ2) is 4.24. The van der Waals surface area contributed by atoms with Gasteiger partial charge in [0.2, 0.25) is 0 Å². The number of nitrogens with zero attached hydrogens (tertiary/aromatic N) is 3. The first kappa shape index (κ1) is 10.5. The molecule has 80 valence electrons. The van der Waals surface area contributed by atoms with Crippen LogP contribution in [0.15, 0.2) is 12.3 Å². The molecule has 2 heterocycles. The molecule has 4 nitrogen and oxygen atoms in total. The van der Waals surface area contributed by atoms with E-state index >= 15 is 0 Å². The van der Waals surface area contributed by atoms with E-state index < -0.39 is 0 Å². The number of fused-ring (bicyclic) bond motifs is 1. The van der Waals surface area contributed by atoms with Gasteiger partial charge in [-0.1, -0.05) is 30.1 Å². The van der Waals surface area contributed by atoms with Crippen molar-refractivity contribution < 1.29 is 4.74 Å². The summed E-state index contributed by atoms with van der Waals surface area (Å²) in [7, 11) is 0. The van der Waals surface area contributed by atoms with Crippen LogP contribution in [0.5, 0.6) is 5.75 Å². The lowest BCUT2D eigenvalue weighted by Crippen LogP contribution is -2.02. The van der Waals surface area contributed by atoms with Gasteiger partial charge in [-0.2, -0.15) is 9.61 Å². The van der Waals surface area contributed by atoms with Crippen LogP contribution >= 0.6 is 23.2 Å². The first-order valence-electron chi connectivity index (χ1n) is 4.55. The molecule has 0 atom stereocenters. The molecule has 0 amide bonds. The fraction of sp³-hybridized carbons (Fsp3) is 0.333. The minimum atomic E-state index is 0.265. The van der Waals surface area contributed by atoms with E-state index in [-0.39, 0.29) is 5.15 Å². The highest BCUT2D eigenvalue weighted by Gasteiger charge is 2.13. The third-order valence-corrected chi connectivity index (χ3v) is 2.43. The van der Waals surface area contributed by atoms with E-state index in [1.54, 1.807) is 12.3 Å². The van der Waals surface area contributed by atoms with Crippen LogP contribution in [0, 0.1) is 0 Å². The molecule has 0 unspecified atom stereocenters. The molecule has 0 spiro atoms. The summed E-state index contributed by atoms with van der Waals surface area (Å²) in [4.78, 5) is 4.11. The standard InChI is InChI=1S/C9H9Cl2N3O/c1-2-5-15-7-8(10)13-6-3-4-12-14(6)9(7)11/h3-4H,2,5H2,1H3. The molecule has 0 aromatic carbocycles. The van der Waals surface area contributed by atoms with Gasteiger partial charge in [0.05, 0.1) is 12.8 Å². The summed E-state index contributed by atoms with van der Waals surface area (Å²) >= 11 is 12.0. The van der Waals surface area contributed by atoms with Crippen LogP contribution in [0.4, 0.5) is 0 Å². The molecule has 2 aromatic rings. The average Bonchev–Trinajstić information content (AvgIpc) is 2.65. The smallest absolute Gasteiger partial charge is 0.194 e. The van der Waals surface area contributed by atoms with E-state index in [1.165, 1.54) is 4.52 Å². The topological polar surface area (TPSA) is 39.4 Å². The quantitative estimate of drug-likeness (QED) is 0.781. The van der Waals surface area contributed by atoms with Crippen LogP contribution in [0.25, 0.3) is 5.65 Å². The molecule has 6 heteroatoms. The fourth-order valence-corrected chi connectivity index (χ4v) is 1.74. The van der Waals surface area contributed by atoms with Crippen molar-refractivity contribution in [2.24, 2.45) is 0 Å². The molecule has 0 saturated heterocycles. The summed E-state index contributed by atoms with van der Waals surface area (Å²) in [5.41, 5.74) is 0.605. The molecule has 2 aromatic heterocycles. The molecular formula is C9H9Cl2N3O. The highest BCUT2D eigenvalue weighted by molar-refractivity contribution is 6.36. The van der Waals surface area contributed by atoms with E-state index in [1.807, 2.05) is 6.92 Å². The van der Waals surface area contributed by atoms with Gasteiger partial charge in [0.25, 0.3) is 0 Å². The van der Waals surface area contributed by atoms with E-state index in [0.29, 0.717) is 23.2 Å². The Morgan fingerprint density at radius 3 is 3.00 bits per heavy atom. The Balaban J connectivity index is 2.52. The zero-order valence-corrected chi connectivity index (χ0v) is 9.59. The predicted octanol–water partition coefficient (Wildman–Crippen LogP) is 2.82. The Kier molecular flexibility index (Phi) is 2.98. The number of rotatable bonds is 3. The maximum absolute atomic E-state index is 6.07. The first-order chi connectivity index (χ1) is 7.24. The molecule has 0 aliphatic carbocycles. The molecule has 0 fully saturated rings. The SMILES string of the molecule is CCCOc1c(Cl)nc2ccnn2c1Cl. The van der Waals surface area contributed by atoms with Gasteiger partial charge in [-0.05, 0) is 6.42 Å². The second-order valence-electron chi connectivity index (χ2n) is 2.97. The maximum atomic E-state index is 6.07. The van der Waals surface area contributed by atoms with Crippen molar-refractivity contribution in [3.05, 3.63) is 22.6 Å². The van der Waals surface area contributed by atoms with Gasteiger partial charge in [0.15, 0.2) is 21.7 Å². The molecule has 0 aliphatic heterocycles. The Labute approximate surface area is 96.8 Å². The van der Waals surface area contributed by atoms with Gasteiger partial charge in [0.1, 0.15) is 0 Å². The predicted molar refractivity (Wildman–Crippen MR) is 58.8 cm³/mol. The summed E-state index contributed by atoms with van der Waals surface area (Å²) in [5.74, 6) is 0.386. The number of halogens is 2. The van der Waals surface area contributed by atoms with Crippen LogP contribution in [-0.2, 0) is 0 Å². The summed E-state index contributed by atoms with van der Waals surface area (Å²) in [6.45, 7) is 2.55. The van der Waals surface area contributed by atoms with Crippen LogP contribution in [0.1, 0.15) is 13.3 Å². The van der Waals surface area contributed by atoms with Crippen LogP contribution < -0.4 is 4.74 Å². The van der Waals surface area contributed by atoms with Gasteiger partial charge in [-0.25, -0.2) is 4.98 Å². The Morgan fingerprint density at radius 2 is 2.27 bits per heavy atom. The van der Waals surface area contributed by atoms with Gasteiger partial charge in [-0.15, -0.1) is 0 Å². The van der Waals surface area contributed by atoms with Gasteiger partial charge in [0, 0.05) is 6.07 Å². The highest BCUT2D eigenvalue weighted by atomic mass is 35.5. The third-order valence-electron chi connectivity index (χ3n) is 1.85. The summed E-state index contributed by atoms with van der Waals surface area (Å²) in [6.07, 6.45) is 2.48. The molecule has 0 radical (unpaired) electrons. The third kappa shape index (κ3) is 1.87. The largest absolute Gasteiger partial charge is 0.487 e. The number of hydrogen-bond acceptors (Lipinski definition) is 3. The van der Waals surface area contributed by atoms with Gasteiger partial charge >= 0.3 is 0 Å². The van der Waals surface area contributed by atoms with Crippen LogP contribution in [0.3, 0.4) is 0 Å². The monoisotopic (exact) mass is 245 g/mol. The maximum Gasteiger partial charge on any atom is 0.194 e. The van der Waals surface area contributed by atoms with Crippen molar-refractivity contribution in [1.29, 1.82) is 0 Å². The summed E-state index contributed by atoms with van der Waals surface area (Å²) in [6, 6.07) is 1.72. The van der Waals surface area contributed by atoms with Crippen molar-refractivity contribution >= 4 is 28.8 Å². The number of aromatic nitrogens is 3. The van der Waals surface area contributed by atoms with E-state index in [0.717, 1.165) is 6.42 Å². The molecule has 2 rings (SSSR count). The van der Waals surface area contributed by atoms with Gasteiger partial charge < -0.3 is 4.74 Å². The minimum absolute atomic E-state index is 0.265. The minimum Gasteiger partial charge on any atom is -0.487 e. The first-order valence-corrected chi connectivity index (χ1v) is 5.31. The average molecular weight is 246 g/mol. The Morgan fingerprint density at radius 1 is 1.47 bits per heavy atom. The van der Waals surface area contributed by atoms with Crippen LogP contribution in [-0.4, -0.2) is 21.2 Å². The van der Waals surface area contributed by atoms with Crippen molar-refractivity contribution in [1.82, 2.24) is 14.6 Å². The molecule has 0 aliphatic rings. The van der Waals surface area contributed by atoms with E-state index in [4.69, 9.17) is 27.9 Å². The van der Waals surface area contributed by atoms with Crippen molar-refractivity contribution in [2.45, 2.75) is 13.3 Å². The normalized spacial score (nSPS) is 10.9. The number of ether oxygens (including phenoxy) is 1. The van der Waals surface area contributed by atoms with Crippen molar-refractivity contribution in [2.75, 3.05) is 6.61 Å². The van der Waals surface area contributed by atoms with E-state index in [9.17, 15) is 0 Å². The Hall–Kier alpha value is -1.00. The zero-order chi connectivity index (χ0) is 10.8. The van der Waals surface area contributed by atoms with E-state index in [2.05, 4.69) is 10.1 Å². The summed E-state index contributed by atoms with van der Waals surface area (Å²) < 4.78 is 6.89. The lowest BCUT2D eigenvalue weighted by Gasteiger charge is -2.08. The number of hydrogen-bond donors (Lipinski definition) is 0. The van der Waals surface area contributed by atoms with Crippen molar-refractivity contribution in [3.63, 3.8) is 0 Å². The fourth-order valence-electron chi connectivity index (χ4n) is 1.19. The molecule has 0 saturated carbocycles. The molecule has 0 bridgehead atoms. The van der Waals surface area contributed by atoms with Gasteiger partial charge in [-0.3, -0.25) is 0 Å². The summed E-state index contributed by atoms with van der Waals surface area (Å²) in [5, 5.41) is 4.63. The molecule has 0 N–H and O–H groups in total. The second-order valence-corrected chi connectivity index (χ2v) is 3.69. The molecule has 15 heavy (non-hydrogen) atoms. The zero-order valence-electron chi connectivity index (χ0n) is 8.07. The lowest BCUT2D eigenvalue weighted by atomic mass is 10.5. The van der Waals surface area contributed by atoms with Crippen molar-refractivity contribution in [3.8, 4) is 5.75 Å².